The van der Waals surface area contributed by atoms with Crippen molar-refractivity contribution in [2.45, 2.75) is 99.1 Å². The molecule has 0 N–H and O–H groups in total. The first-order valence-electron chi connectivity index (χ1n) is 9.12. The molecule has 0 fully saturated rings. The smallest absolute Gasteiger partial charge is 0.223 e. The average molecular weight is 342 g/mol. The Balaban J connectivity index is 4.25. The summed E-state index contributed by atoms with van der Waals surface area (Å²) in [6, 6.07) is 0. The molecule has 0 saturated carbocycles. The van der Waals surface area contributed by atoms with E-state index in [1.54, 1.807) is 20.8 Å². The van der Waals surface area contributed by atoms with E-state index in [-0.39, 0.29) is 22.6 Å². The monoisotopic (exact) mass is 341 g/mol. The van der Waals surface area contributed by atoms with Crippen molar-refractivity contribution >= 4 is 11.7 Å². The Morgan fingerprint density at radius 3 is 1.83 bits per heavy atom. The molecule has 142 valence electrons. The number of unbranched alkanes of at least 4 members (excludes halogenated alkanes) is 2. The Morgan fingerprint density at radius 1 is 0.875 bits per heavy atom. The Bertz CT molecular complexity index is 414. The van der Waals surface area contributed by atoms with Gasteiger partial charge in [0.15, 0.2) is 5.78 Å². The maximum Gasteiger partial charge on any atom is 0.223 e. The Labute approximate surface area is 149 Å². The number of hydrogen-bond donors (Lipinski definition) is 0. The summed E-state index contributed by atoms with van der Waals surface area (Å²) < 4.78 is 5.62. The third-order valence-corrected chi connectivity index (χ3v) is 4.09. The van der Waals surface area contributed by atoms with Gasteiger partial charge in [-0.1, -0.05) is 27.2 Å². The van der Waals surface area contributed by atoms with Crippen LogP contribution in [0.25, 0.3) is 0 Å². The van der Waals surface area contributed by atoms with Crippen molar-refractivity contribution in [1.29, 1.82) is 0 Å². The number of Topliss-reactive ketones (excluding diaryl/α,β-unsaturated/α-hetero) is 1. The summed E-state index contributed by atoms with van der Waals surface area (Å²) in [4.78, 5) is 26.0. The van der Waals surface area contributed by atoms with E-state index in [1.807, 2.05) is 4.90 Å². The standard InChI is InChI=1S/C20H39NO3/c1-16(22)20(8,9)24-14-12-10-11-13-17(23)21(19(5,6)7)15-18(2,3)4/h10-15H2,1-9H3. The Hall–Kier alpha value is -0.900. The molecule has 0 aliphatic heterocycles. The maximum absolute atomic E-state index is 12.6. The van der Waals surface area contributed by atoms with Crippen LogP contribution in [0.15, 0.2) is 0 Å². The number of carbonyl (C=O) groups is 2. The lowest BCUT2D eigenvalue weighted by molar-refractivity contribution is -0.138. The van der Waals surface area contributed by atoms with Gasteiger partial charge in [-0.05, 0) is 59.8 Å². The molecule has 4 nitrogen and oxygen atoms in total. The number of nitrogens with zero attached hydrogens (tertiary/aromatic N) is 1. The van der Waals surface area contributed by atoms with E-state index in [0.717, 1.165) is 25.8 Å². The van der Waals surface area contributed by atoms with Gasteiger partial charge in [0.2, 0.25) is 5.91 Å². The molecule has 1 amide bonds. The lowest BCUT2D eigenvalue weighted by Crippen LogP contribution is -2.49. The first-order valence-corrected chi connectivity index (χ1v) is 9.12. The maximum atomic E-state index is 12.6. The fourth-order valence-electron chi connectivity index (χ4n) is 2.29. The van der Waals surface area contributed by atoms with Crippen LogP contribution in [0.3, 0.4) is 0 Å². The fraction of sp³-hybridized carbons (Fsp3) is 0.900. The molecule has 0 aliphatic rings. The molecular weight excluding hydrogens is 302 g/mol. The van der Waals surface area contributed by atoms with E-state index in [2.05, 4.69) is 41.5 Å². The molecule has 0 radical (unpaired) electrons. The number of ketones is 1. The van der Waals surface area contributed by atoms with E-state index >= 15 is 0 Å². The summed E-state index contributed by atoms with van der Waals surface area (Å²) in [5.74, 6) is 0.267. The van der Waals surface area contributed by atoms with Gasteiger partial charge in [0.1, 0.15) is 5.60 Å². The molecule has 0 unspecified atom stereocenters. The van der Waals surface area contributed by atoms with Crippen LogP contribution in [0.2, 0.25) is 0 Å². The molecule has 0 bridgehead atoms. The predicted molar refractivity (Wildman–Crippen MR) is 100 cm³/mol. The van der Waals surface area contributed by atoms with Gasteiger partial charge in [0.05, 0.1) is 0 Å². The van der Waals surface area contributed by atoms with Crippen molar-refractivity contribution in [1.82, 2.24) is 4.90 Å². The summed E-state index contributed by atoms with van der Waals surface area (Å²) in [6.45, 7) is 19.2. The molecule has 0 heterocycles. The van der Waals surface area contributed by atoms with Crippen molar-refractivity contribution in [3.8, 4) is 0 Å². The van der Waals surface area contributed by atoms with Crippen LogP contribution in [-0.2, 0) is 14.3 Å². The highest BCUT2D eigenvalue weighted by molar-refractivity contribution is 5.83. The Kier molecular flexibility index (Phi) is 8.64. The number of ether oxygens (including phenoxy) is 1. The summed E-state index contributed by atoms with van der Waals surface area (Å²) >= 11 is 0. The van der Waals surface area contributed by atoms with Crippen LogP contribution in [-0.4, -0.2) is 40.9 Å². The molecule has 0 aromatic heterocycles. The van der Waals surface area contributed by atoms with Crippen molar-refractivity contribution in [2.24, 2.45) is 5.41 Å². The molecule has 0 atom stereocenters. The van der Waals surface area contributed by atoms with Crippen molar-refractivity contribution in [3.05, 3.63) is 0 Å². The zero-order valence-electron chi connectivity index (χ0n) is 17.4. The summed E-state index contributed by atoms with van der Waals surface area (Å²) in [6.07, 6.45) is 3.24. The van der Waals surface area contributed by atoms with Crippen LogP contribution in [0.1, 0.15) is 88.0 Å². The van der Waals surface area contributed by atoms with Gasteiger partial charge < -0.3 is 9.64 Å². The molecule has 0 aromatic carbocycles. The van der Waals surface area contributed by atoms with Crippen LogP contribution in [0.5, 0.6) is 0 Å². The van der Waals surface area contributed by atoms with Crippen LogP contribution >= 0.6 is 0 Å². The largest absolute Gasteiger partial charge is 0.368 e. The SMILES string of the molecule is CC(=O)C(C)(C)OCCCCCC(=O)N(CC(C)(C)C)C(C)(C)C. The third-order valence-electron chi connectivity index (χ3n) is 4.09. The van der Waals surface area contributed by atoms with Crippen molar-refractivity contribution in [3.63, 3.8) is 0 Å². The lowest BCUT2D eigenvalue weighted by atomic mass is 9.92. The normalized spacial score (nSPS) is 13.0. The number of hydrogen-bond acceptors (Lipinski definition) is 3. The van der Waals surface area contributed by atoms with E-state index < -0.39 is 5.60 Å². The molecule has 4 heteroatoms. The minimum Gasteiger partial charge on any atom is -0.368 e. The number of amides is 1. The second-order valence-electron chi connectivity index (χ2n) is 9.44. The average Bonchev–Trinajstić information content (AvgIpc) is 2.37. The van der Waals surface area contributed by atoms with E-state index in [9.17, 15) is 9.59 Å². The fourth-order valence-corrected chi connectivity index (χ4v) is 2.29. The number of carbonyl (C=O) groups excluding carboxylic acids is 2. The topological polar surface area (TPSA) is 46.6 Å². The zero-order chi connectivity index (χ0) is 19.2. The molecule has 0 aliphatic carbocycles. The molecule has 0 saturated heterocycles. The van der Waals surface area contributed by atoms with Gasteiger partial charge in [0.25, 0.3) is 0 Å². The number of rotatable bonds is 9. The van der Waals surface area contributed by atoms with Crippen LogP contribution in [0, 0.1) is 5.41 Å². The van der Waals surface area contributed by atoms with Gasteiger partial charge >= 0.3 is 0 Å². The molecule has 0 spiro atoms. The summed E-state index contributed by atoms with van der Waals surface area (Å²) in [5.41, 5.74) is -0.764. The first-order chi connectivity index (χ1) is 10.7. The molecular formula is C20H39NO3. The quantitative estimate of drug-likeness (QED) is 0.576. The van der Waals surface area contributed by atoms with Gasteiger partial charge in [-0.15, -0.1) is 0 Å². The van der Waals surface area contributed by atoms with Gasteiger partial charge in [-0.2, -0.15) is 0 Å². The Morgan fingerprint density at radius 2 is 1.42 bits per heavy atom. The van der Waals surface area contributed by atoms with Crippen LogP contribution in [0.4, 0.5) is 0 Å². The second-order valence-corrected chi connectivity index (χ2v) is 9.44. The highest BCUT2D eigenvalue weighted by Crippen LogP contribution is 2.23. The van der Waals surface area contributed by atoms with E-state index in [1.165, 1.54) is 0 Å². The van der Waals surface area contributed by atoms with Crippen LogP contribution < -0.4 is 0 Å². The van der Waals surface area contributed by atoms with Gasteiger partial charge in [0, 0.05) is 25.1 Å². The lowest BCUT2D eigenvalue weighted by Gasteiger charge is -2.40. The highest BCUT2D eigenvalue weighted by atomic mass is 16.5. The van der Waals surface area contributed by atoms with E-state index in [0.29, 0.717) is 13.0 Å². The van der Waals surface area contributed by atoms with Gasteiger partial charge in [-0.25, -0.2) is 0 Å². The first kappa shape index (κ1) is 23.1. The highest BCUT2D eigenvalue weighted by Gasteiger charge is 2.29. The molecule has 24 heavy (non-hydrogen) atoms. The molecule has 0 aromatic rings. The van der Waals surface area contributed by atoms with E-state index in [4.69, 9.17) is 4.74 Å². The predicted octanol–water partition coefficient (Wildman–Crippen LogP) is 4.60. The minimum absolute atomic E-state index is 0.0423. The zero-order valence-corrected chi connectivity index (χ0v) is 17.4. The van der Waals surface area contributed by atoms with Gasteiger partial charge in [-0.3, -0.25) is 9.59 Å². The second kappa shape index (κ2) is 8.98. The van der Waals surface area contributed by atoms with Crippen molar-refractivity contribution in [2.75, 3.05) is 13.2 Å². The van der Waals surface area contributed by atoms with Crippen molar-refractivity contribution < 1.29 is 14.3 Å². The summed E-state index contributed by atoms with van der Waals surface area (Å²) in [5, 5.41) is 0. The minimum atomic E-state index is -0.703. The molecule has 0 rings (SSSR count). The summed E-state index contributed by atoms with van der Waals surface area (Å²) in [7, 11) is 0. The third kappa shape index (κ3) is 9.41.